The Kier molecular flexibility index (Phi) is 2.48. The number of carbonyl (C=O) groups excluding carboxylic acids is 1. The number of thioether (sulfide) groups is 1. The van der Waals surface area contributed by atoms with E-state index < -0.39 is 11.5 Å². The van der Waals surface area contributed by atoms with Gasteiger partial charge in [0.15, 0.2) is 0 Å². The van der Waals surface area contributed by atoms with Crippen LogP contribution >= 0.6 is 11.8 Å². The topological polar surface area (TPSA) is 66.4 Å². The van der Waals surface area contributed by atoms with Gasteiger partial charge in [0, 0.05) is 11.7 Å². The van der Waals surface area contributed by atoms with Crippen LogP contribution in [0.1, 0.15) is 25.7 Å². The van der Waals surface area contributed by atoms with Crippen molar-refractivity contribution in [1.29, 1.82) is 0 Å². The van der Waals surface area contributed by atoms with E-state index in [0.29, 0.717) is 24.0 Å². The van der Waals surface area contributed by atoms with Crippen LogP contribution in [0.4, 0.5) is 0 Å². The van der Waals surface area contributed by atoms with Crippen LogP contribution in [-0.2, 0) is 9.59 Å². The van der Waals surface area contributed by atoms with Gasteiger partial charge in [-0.1, -0.05) is 0 Å². The van der Waals surface area contributed by atoms with Crippen molar-refractivity contribution in [1.82, 2.24) is 5.32 Å². The Morgan fingerprint density at radius 3 is 2.42 bits per heavy atom. The summed E-state index contributed by atoms with van der Waals surface area (Å²) in [5.41, 5.74) is -0.988. The summed E-state index contributed by atoms with van der Waals surface area (Å²) in [5, 5.41) is 12.3. The second-order valence-electron chi connectivity index (χ2n) is 6.69. The van der Waals surface area contributed by atoms with Crippen molar-refractivity contribution in [3.63, 3.8) is 0 Å². The molecule has 0 aromatic heterocycles. The number of rotatable bonds is 3. The van der Waals surface area contributed by atoms with E-state index in [1.165, 1.54) is 19.3 Å². The number of hydrogen-bond donors (Lipinski definition) is 2. The van der Waals surface area contributed by atoms with Crippen LogP contribution < -0.4 is 5.32 Å². The van der Waals surface area contributed by atoms with Crippen LogP contribution in [0.2, 0.25) is 0 Å². The molecule has 104 valence electrons. The Bertz CT molecular complexity index is 430. The number of hydrogen-bond acceptors (Lipinski definition) is 3. The third-order valence-electron chi connectivity index (χ3n) is 5.83. The molecule has 4 nitrogen and oxygen atoms in total. The minimum Gasteiger partial charge on any atom is -0.479 e. The summed E-state index contributed by atoms with van der Waals surface area (Å²) in [6.07, 6.45) is 4.46. The summed E-state index contributed by atoms with van der Waals surface area (Å²) in [6.45, 7) is 0. The molecular weight excluding hydrogens is 262 g/mol. The van der Waals surface area contributed by atoms with Crippen LogP contribution in [0.5, 0.6) is 0 Å². The maximum absolute atomic E-state index is 12.4. The Labute approximate surface area is 116 Å². The van der Waals surface area contributed by atoms with Gasteiger partial charge in [-0.2, -0.15) is 11.8 Å². The highest BCUT2D eigenvalue weighted by atomic mass is 32.2. The van der Waals surface area contributed by atoms with E-state index in [4.69, 9.17) is 0 Å². The van der Waals surface area contributed by atoms with E-state index in [9.17, 15) is 14.7 Å². The van der Waals surface area contributed by atoms with Gasteiger partial charge in [-0.3, -0.25) is 4.79 Å². The number of carboxylic acid groups (broad SMARTS) is 1. The van der Waals surface area contributed by atoms with Crippen molar-refractivity contribution in [3.8, 4) is 0 Å². The summed E-state index contributed by atoms with van der Waals surface area (Å²) in [7, 11) is 0. The number of carbonyl (C=O) groups is 2. The predicted octanol–water partition coefficient (Wildman–Crippen LogP) is 1.35. The molecule has 5 atom stereocenters. The molecule has 0 aromatic carbocycles. The van der Waals surface area contributed by atoms with Crippen molar-refractivity contribution in [2.45, 2.75) is 31.2 Å². The van der Waals surface area contributed by atoms with E-state index in [-0.39, 0.29) is 11.8 Å². The molecule has 5 heteroatoms. The Morgan fingerprint density at radius 2 is 1.89 bits per heavy atom. The first-order chi connectivity index (χ1) is 9.12. The van der Waals surface area contributed by atoms with Crippen molar-refractivity contribution in [2.24, 2.45) is 29.6 Å². The SMILES string of the molecule is O=C(NC1(C(=O)O)CCSC1)C1C2C3CCC(C3)C12. The highest BCUT2D eigenvalue weighted by Gasteiger charge is 2.68. The second-order valence-corrected chi connectivity index (χ2v) is 7.80. The fourth-order valence-corrected chi connectivity index (χ4v) is 6.21. The summed E-state index contributed by atoms with van der Waals surface area (Å²) >= 11 is 1.62. The molecule has 3 aliphatic carbocycles. The van der Waals surface area contributed by atoms with E-state index in [1.54, 1.807) is 11.8 Å². The molecule has 0 spiro atoms. The van der Waals surface area contributed by atoms with Gasteiger partial charge in [-0.15, -0.1) is 0 Å². The summed E-state index contributed by atoms with van der Waals surface area (Å²) in [5.74, 6) is 3.31. The first-order valence-corrected chi connectivity index (χ1v) is 8.41. The normalized spacial score (nSPS) is 50.0. The van der Waals surface area contributed by atoms with Crippen molar-refractivity contribution in [3.05, 3.63) is 0 Å². The molecule has 3 saturated carbocycles. The van der Waals surface area contributed by atoms with Crippen LogP contribution in [0.15, 0.2) is 0 Å². The molecule has 0 radical (unpaired) electrons. The molecule has 1 amide bonds. The minimum atomic E-state index is -0.988. The molecule has 2 N–H and O–H groups in total. The largest absolute Gasteiger partial charge is 0.479 e. The summed E-state index contributed by atoms with van der Waals surface area (Å²) in [4.78, 5) is 23.9. The van der Waals surface area contributed by atoms with E-state index >= 15 is 0 Å². The standard InChI is InChI=1S/C14H19NO3S/c16-12(15-14(13(17)18)3-4-19-6-14)11-9-7-1-2-8(5-7)10(9)11/h7-11H,1-6H2,(H,15,16)(H,17,18). The molecular formula is C14H19NO3S. The van der Waals surface area contributed by atoms with Crippen molar-refractivity contribution < 1.29 is 14.7 Å². The second kappa shape index (κ2) is 3.90. The first-order valence-electron chi connectivity index (χ1n) is 7.25. The van der Waals surface area contributed by atoms with Gasteiger partial charge in [0.2, 0.25) is 5.91 Å². The first kappa shape index (κ1) is 12.1. The molecule has 4 fully saturated rings. The maximum Gasteiger partial charge on any atom is 0.330 e. The van der Waals surface area contributed by atoms with E-state index in [0.717, 1.165) is 17.6 Å². The quantitative estimate of drug-likeness (QED) is 0.819. The monoisotopic (exact) mass is 281 g/mol. The maximum atomic E-state index is 12.4. The smallest absolute Gasteiger partial charge is 0.330 e. The number of carboxylic acids is 1. The third kappa shape index (κ3) is 1.60. The highest BCUT2D eigenvalue weighted by molar-refractivity contribution is 7.99. The number of fused-ring (bicyclic) bond motifs is 5. The molecule has 5 unspecified atom stereocenters. The number of nitrogens with one attached hydrogen (secondary N) is 1. The molecule has 4 rings (SSSR count). The zero-order chi connectivity index (χ0) is 13.2. The van der Waals surface area contributed by atoms with Crippen LogP contribution in [0, 0.1) is 29.6 Å². The van der Waals surface area contributed by atoms with Crippen molar-refractivity contribution in [2.75, 3.05) is 11.5 Å². The Morgan fingerprint density at radius 1 is 1.21 bits per heavy atom. The van der Waals surface area contributed by atoms with Gasteiger partial charge in [-0.25, -0.2) is 4.79 Å². The molecule has 19 heavy (non-hydrogen) atoms. The minimum absolute atomic E-state index is 0.0245. The van der Waals surface area contributed by atoms with Crippen LogP contribution in [-0.4, -0.2) is 34.0 Å². The van der Waals surface area contributed by atoms with E-state index in [1.807, 2.05) is 0 Å². The predicted molar refractivity (Wildman–Crippen MR) is 71.8 cm³/mol. The average Bonchev–Trinajstić information content (AvgIpc) is 2.76. The van der Waals surface area contributed by atoms with Crippen LogP contribution in [0.25, 0.3) is 0 Å². The van der Waals surface area contributed by atoms with Crippen molar-refractivity contribution >= 4 is 23.6 Å². The molecule has 4 aliphatic rings. The summed E-state index contributed by atoms with van der Waals surface area (Å²) < 4.78 is 0. The third-order valence-corrected chi connectivity index (χ3v) is 7.02. The highest BCUT2D eigenvalue weighted by Crippen LogP contribution is 2.69. The molecule has 1 saturated heterocycles. The van der Waals surface area contributed by atoms with Gasteiger partial charge < -0.3 is 10.4 Å². The average molecular weight is 281 g/mol. The lowest BCUT2D eigenvalue weighted by Crippen LogP contribution is -2.55. The Balaban J connectivity index is 1.46. The van der Waals surface area contributed by atoms with Gasteiger partial charge in [0.05, 0.1) is 0 Å². The van der Waals surface area contributed by atoms with E-state index in [2.05, 4.69) is 5.32 Å². The molecule has 1 heterocycles. The molecule has 1 aliphatic heterocycles. The zero-order valence-corrected chi connectivity index (χ0v) is 11.6. The lowest BCUT2D eigenvalue weighted by molar-refractivity contribution is -0.146. The molecule has 0 aromatic rings. The van der Waals surface area contributed by atoms with Crippen LogP contribution in [0.3, 0.4) is 0 Å². The number of amides is 1. The molecule has 2 bridgehead atoms. The zero-order valence-electron chi connectivity index (χ0n) is 10.8. The van der Waals surface area contributed by atoms with Gasteiger partial charge in [0.25, 0.3) is 0 Å². The lowest BCUT2D eigenvalue weighted by Gasteiger charge is -2.25. The van der Waals surface area contributed by atoms with Gasteiger partial charge >= 0.3 is 5.97 Å². The fourth-order valence-electron chi connectivity index (χ4n) is 4.88. The summed E-state index contributed by atoms with van der Waals surface area (Å²) in [6, 6.07) is 0. The number of aliphatic carboxylic acids is 1. The van der Waals surface area contributed by atoms with Gasteiger partial charge in [0.1, 0.15) is 5.54 Å². The Hall–Kier alpha value is -0.710. The van der Waals surface area contributed by atoms with Gasteiger partial charge in [-0.05, 0) is 55.1 Å². The lowest BCUT2D eigenvalue weighted by atomic mass is 9.97. The fraction of sp³-hybridized carbons (Fsp3) is 0.857.